The Morgan fingerprint density at radius 1 is 1.21 bits per heavy atom. The first-order valence-electron chi connectivity index (χ1n) is 9.23. The van der Waals surface area contributed by atoms with Gasteiger partial charge in [-0.2, -0.15) is 0 Å². The van der Waals surface area contributed by atoms with Crippen LogP contribution in [0.1, 0.15) is 36.0 Å². The average Bonchev–Trinajstić information content (AvgIpc) is 2.61. The molecule has 7 heteroatoms. The van der Waals surface area contributed by atoms with E-state index in [0.29, 0.717) is 24.8 Å². The normalized spacial score (nSPS) is 16.4. The number of hydrogen-bond donors (Lipinski definition) is 2. The predicted molar refractivity (Wildman–Crippen MR) is 99.2 cm³/mol. The van der Waals surface area contributed by atoms with E-state index in [1.807, 2.05) is 18.2 Å². The molecule has 1 aliphatic rings. The van der Waals surface area contributed by atoms with E-state index >= 15 is 0 Å². The molecule has 0 fully saturated rings. The summed E-state index contributed by atoms with van der Waals surface area (Å²) in [6.45, 7) is 0. The van der Waals surface area contributed by atoms with Gasteiger partial charge in [0.1, 0.15) is 5.75 Å². The van der Waals surface area contributed by atoms with Gasteiger partial charge in [-0.3, -0.25) is 4.79 Å². The lowest BCUT2D eigenvalue weighted by atomic mass is 9.88. The zero-order valence-electron chi connectivity index (χ0n) is 15.3. The number of aryl methyl sites for hydroxylation is 2. The van der Waals surface area contributed by atoms with E-state index in [1.54, 1.807) is 6.07 Å². The minimum Gasteiger partial charge on any atom is -0.406 e. The van der Waals surface area contributed by atoms with Gasteiger partial charge >= 0.3 is 6.36 Å². The summed E-state index contributed by atoms with van der Waals surface area (Å²) in [6.07, 6.45) is -1.86. The highest BCUT2D eigenvalue weighted by Gasteiger charge is 2.31. The molecule has 0 saturated carbocycles. The SMILES string of the molecule is O=C(CCCc1cccc(OC(F)(F)F)c1)Nc1cccc2c1CC(O)CC2. The van der Waals surface area contributed by atoms with Crippen LogP contribution in [0.4, 0.5) is 18.9 Å². The van der Waals surface area contributed by atoms with Gasteiger partial charge in [-0.25, -0.2) is 0 Å². The molecule has 0 saturated heterocycles. The lowest BCUT2D eigenvalue weighted by Gasteiger charge is -2.23. The van der Waals surface area contributed by atoms with Gasteiger partial charge in [-0.05, 0) is 60.6 Å². The highest BCUT2D eigenvalue weighted by molar-refractivity contribution is 5.91. The molecule has 1 aliphatic carbocycles. The Balaban J connectivity index is 1.53. The molecule has 0 aliphatic heterocycles. The molecular formula is C21H22F3NO3. The maximum atomic E-state index is 12.3. The van der Waals surface area contributed by atoms with Crippen molar-refractivity contribution in [3.05, 3.63) is 59.2 Å². The van der Waals surface area contributed by atoms with Crippen LogP contribution in [0.5, 0.6) is 5.75 Å². The number of aliphatic hydroxyl groups is 1. The Bertz CT molecular complexity index is 836. The van der Waals surface area contributed by atoms with E-state index in [0.717, 1.165) is 29.7 Å². The molecule has 0 heterocycles. The van der Waals surface area contributed by atoms with Crippen molar-refractivity contribution >= 4 is 11.6 Å². The summed E-state index contributed by atoms with van der Waals surface area (Å²) in [5, 5.41) is 12.8. The monoisotopic (exact) mass is 393 g/mol. The van der Waals surface area contributed by atoms with Crippen LogP contribution in [0.2, 0.25) is 0 Å². The number of carbonyl (C=O) groups excluding carboxylic acids is 1. The molecule has 2 aromatic carbocycles. The van der Waals surface area contributed by atoms with Crippen LogP contribution < -0.4 is 10.1 Å². The molecule has 150 valence electrons. The van der Waals surface area contributed by atoms with E-state index < -0.39 is 12.5 Å². The first-order valence-corrected chi connectivity index (χ1v) is 9.23. The van der Waals surface area contributed by atoms with E-state index in [1.165, 1.54) is 18.2 Å². The van der Waals surface area contributed by atoms with Crippen molar-refractivity contribution in [3.8, 4) is 5.75 Å². The summed E-state index contributed by atoms with van der Waals surface area (Å²) in [6, 6.07) is 11.5. The average molecular weight is 393 g/mol. The third kappa shape index (κ3) is 5.73. The summed E-state index contributed by atoms with van der Waals surface area (Å²) in [5.74, 6) is -0.417. The van der Waals surface area contributed by atoms with Crippen molar-refractivity contribution < 1.29 is 27.8 Å². The van der Waals surface area contributed by atoms with E-state index in [2.05, 4.69) is 10.1 Å². The number of carbonyl (C=O) groups is 1. The quantitative estimate of drug-likeness (QED) is 0.765. The van der Waals surface area contributed by atoms with Gasteiger partial charge in [0.25, 0.3) is 0 Å². The Morgan fingerprint density at radius 3 is 2.79 bits per heavy atom. The van der Waals surface area contributed by atoms with Gasteiger partial charge < -0.3 is 15.2 Å². The number of halogens is 3. The fraction of sp³-hybridized carbons (Fsp3) is 0.381. The summed E-state index contributed by atoms with van der Waals surface area (Å²) in [7, 11) is 0. The van der Waals surface area contributed by atoms with Gasteiger partial charge in [0.05, 0.1) is 6.10 Å². The molecule has 0 aromatic heterocycles. The van der Waals surface area contributed by atoms with Crippen molar-refractivity contribution in [1.82, 2.24) is 0 Å². The number of alkyl halides is 3. The molecule has 3 rings (SSSR count). The Kier molecular flexibility index (Phi) is 6.24. The number of amides is 1. The summed E-state index contributed by atoms with van der Waals surface area (Å²) >= 11 is 0. The van der Waals surface area contributed by atoms with Crippen LogP contribution >= 0.6 is 0 Å². The molecule has 28 heavy (non-hydrogen) atoms. The fourth-order valence-corrected chi connectivity index (χ4v) is 3.45. The maximum absolute atomic E-state index is 12.3. The van der Waals surface area contributed by atoms with Crippen molar-refractivity contribution in [2.45, 2.75) is 51.0 Å². The number of nitrogens with one attached hydrogen (secondary N) is 1. The smallest absolute Gasteiger partial charge is 0.406 e. The zero-order valence-corrected chi connectivity index (χ0v) is 15.3. The van der Waals surface area contributed by atoms with Crippen molar-refractivity contribution in [2.75, 3.05) is 5.32 Å². The third-order valence-electron chi connectivity index (χ3n) is 4.74. The number of anilines is 1. The molecule has 0 bridgehead atoms. The van der Waals surface area contributed by atoms with Crippen molar-refractivity contribution in [3.63, 3.8) is 0 Å². The predicted octanol–water partition coefficient (Wildman–Crippen LogP) is 4.40. The number of aliphatic hydroxyl groups excluding tert-OH is 1. The van der Waals surface area contributed by atoms with Crippen LogP contribution in [0.15, 0.2) is 42.5 Å². The number of fused-ring (bicyclic) bond motifs is 1. The number of rotatable bonds is 6. The van der Waals surface area contributed by atoms with Crippen molar-refractivity contribution in [1.29, 1.82) is 0 Å². The Hall–Kier alpha value is -2.54. The summed E-state index contributed by atoms with van der Waals surface area (Å²) in [5.41, 5.74) is 3.52. The standard InChI is InChI=1S/C21H22F3NO3/c22-21(23,24)28-17-7-1-4-14(12-17)5-2-9-20(27)25-19-8-3-6-15-10-11-16(26)13-18(15)19/h1,3-4,6-8,12,16,26H,2,5,9-11,13H2,(H,25,27). The second kappa shape index (κ2) is 8.65. The molecule has 4 nitrogen and oxygen atoms in total. The van der Waals surface area contributed by atoms with Gasteiger partial charge in [-0.15, -0.1) is 13.2 Å². The highest BCUT2D eigenvalue weighted by atomic mass is 19.4. The summed E-state index contributed by atoms with van der Waals surface area (Å²) < 4.78 is 40.8. The van der Waals surface area contributed by atoms with Crippen LogP contribution in [-0.2, 0) is 24.1 Å². The van der Waals surface area contributed by atoms with Gasteiger partial charge in [0, 0.05) is 18.5 Å². The third-order valence-corrected chi connectivity index (χ3v) is 4.74. The lowest BCUT2D eigenvalue weighted by molar-refractivity contribution is -0.274. The van der Waals surface area contributed by atoms with Gasteiger partial charge in [0.15, 0.2) is 0 Å². The minimum absolute atomic E-state index is 0.156. The molecule has 1 unspecified atom stereocenters. The number of benzene rings is 2. The molecular weight excluding hydrogens is 371 g/mol. The second-order valence-electron chi connectivity index (χ2n) is 6.94. The Labute approximate surface area is 161 Å². The molecule has 1 atom stereocenters. The fourth-order valence-electron chi connectivity index (χ4n) is 3.45. The second-order valence-corrected chi connectivity index (χ2v) is 6.94. The maximum Gasteiger partial charge on any atom is 0.573 e. The van der Waals surface area contributed by atoms with Crippen LogP contribution in [0.25, 0.3) is 0 Å². The zero-order chi connectivity index (χ0) is 20.1. The van der Waals surface area contributed by atoms with Crippen LogP contribution in [0, 0.1) is 0 Å². The van der Waals surface area contributed by atoms with E-state index in [9.17, 15) is 23.1 Å². The number of ether oxygens (including phenoxy) is 1. The van der Waals surface area contributed by atoms with E-state index in [4.69, 9.17) is 0 Å². The summed E-state index contributed by atoms with van der Waals surface area (Å²) in [4.78, 5) is 12.3. The molecule has 0 spiro atoms. The molecule has 0 radical (unpaired) electrons. The molecule has 2 aromatic rings. The van der Waals surface area contributed by atoms with Gasteiger partial charge in [0.2, 0.25) is 5.91 Å². The van der Waals surface area contributed by atoms with Crippen molar-refractivity contribution in [2.24, 2.45) is 0 Å². The van der Waals surface area contributed by atoms with Crippen LogP contribution in [-0.4, -0.2) is 23.5 Å². The first-order chi connectivity index (χ1) is 13.3. The lowest BCUT2D eigenvalue weighted by Crippen LogP contribution is -2.21. The molecule has 1 amide bonds. The Morgan fingerprint density at radius 2 is 2.00 bits per heavy atom. The first kappa shape index (κ1) is 20.2. The van der Waals surface area contributed by atoms with Gasteiger partial charge in [-0.1, -0.05) is 24.3 Å². The molecule has 2 N–H and O–H groups in total. The largest absolute Gasteiger partial charge is 0.573 e. The minimum atomic E-state index is -4.72. The van der Waals surface area contributed by atoms with Crippen LogP contribution in [0.3, 0.4) is 0 Å². The highest BCUT2D eigenvalue weighted by Crippen LogP contribution is 2.28. The topological polar surface area (TPSA) is 58.6 Å². The van der Waals surface area contributed by atoms with E-state index in [-0.39, 0.29) is 18.1 Å². The number of hydrogen-bond acceptors (Lipinski definition) is 3.